The van der Waals surface area contributed by atoms with Gasteiger partial charge in [0, 0.05) is 37.8 Å². The maximum absolute atomic E-state index is 12.8. The Balaban J connectivity index is 1.41. The first-order valence-corrected chi connectivity index (χ1v) is 10.0. The van der Waals surface area contributed by atoms with Crippen molar-refractivity contribution >= 4 is 5.91 Å². The van der Waals surface area contributed by atoms with Gasteiger partial charge in [-0.05, 0) is 50.4 Å². The summed E-state index contributed by atoms with van der Waals surface area (Å²) in [5.41, 5.74) is 2.75. The van der Waals surface area contributed by atoms with Gasteiger partial charge < -0.3 is 9.64 Å². The van der Waals surface area contributed by atoms with Gasteiger partial charge in [0.25, 0.3) is 5.91 Å². The Morgan fingerprint density at radius 3 is 2.86 bits per heavy atom. The van der Waals surface area contributed by atoms with Crippen LogP contribution in [0.15, 0.2) is 36.7 Å². The SMILES string of the molecule is COc1cccc(CN2CCC[C@]3(CCN(C(=O)c4cnc(C)cn4)C3)C2)c1. The van der Waals surface area contributed by atoms with E-state index >= 15 is 0 Å². The monoisotopic (exact) mass is 380 g/mol. The molecule has 28 heavy (non-hydrogen) atoms. The summed E-state index contributed by atoms with van der Waals surface area (Å²) < 4.78 is 5.35. The number of rotatable bonds is 4. The summed E-state index contributed by atoms with van der Waals surface area (Å²) in [7, 11) is 1.71. The van der Waals surface area contributed by atoms with Crippen LogP contribution in [-0.4, -0.2) is 59.0 Å². The summed E-state index contributed by atoms with van der Waals surface area (Å²) in [6.45, 7) is 6.57. The predicted molar refractivity (Wildman–Crippen MR) is 107 cm³/mol. The Hall–Kier alpha value is -2.47. The third-order valence-electron chi connectivity index (χ3n) is 6.01. The second kappa shape index (κ2) is 7.87. The van der Waals surface area contributed by atoms with Crippen LogP contribution < -0.4 is 4.74 Å². The molecular formula is C22H28N4O2. The van der Waals surface area contributed by atoms with Gasteiger partial charge in [-0.25, -0.2) is 4.98 Å². The van der Waals surface area contributed by atoms with Crippen LogP contribution in [0.25, 0.3) is 0 Å². The van der Waals surface area contributed by atoms with Gasteiger partial charge in [-0.3, -0.25) is 14.7 Å². The van der Waals surface area contributed by atoms with Crippen LogP contribution in [0.5, 0.6) is 5.75 Å². The molecular weight excluding hydrogens is 352 g/mol. The quantitative estimate of drug-likeness (QED) is 0.816. The van der Waals surface area contributed by atoms with Gasteiger partial charge >= 0.3 is 0 Å². The minimum Gasteiger partial charge on any atom is -0.497 e. The molecule has 148 valence electrons. The number of carbonyl (C=O) groups excluding carboxylic acids is 1. The van der Waals surface area contributed by atoms with Gasteiger partial charge in [-0.1, -0.05) is 12.1 Å². The van der Waals surface area contributed by atoms with Crippen LogP contribution in [0.3, 0.4) is 0 Å². The zero-order valence-electron chi connectivity index (χ0n) is 16.7. The van der Waals surface area contributed by atoms with Crippen molar-refractivity contribution in [2.75, 3.05) is 33.3 Å². The molecule has 0 unspecified atom stereocenters. The van der Waals surface area contributed by atoms with Gasteiger partial charge in [0.05, 0.1) is 19.0 Å². The standard InChI is InChI=1S/C22H28N4O2/c1-17-12-24-20(13-23-17)21(27)26-10-8-22(16-26)7-4-9-25(15-22)14-18-5-3-6-19(11-18)28-2/h3,5-6,11-13H,4,7-10,14-16H2,1-2H3/t22-/m0/s1. The summed E-state index contributed by atoms with van der Waals surface area (Å²) >= 11 is 0. The van der Waals surface area contributed by atoms with Crippen molar-refractivity contribution in [2.45, 2.75) is 32.7 Å². The molecule has 3 heterocycles. The smallest absolute Gasteiger partial charge is 0.274 e. The van der Waals surface area contributed by atoms with E-state index < -0.39 is 0 Å². The molecule has 0 saturated carbocycles. The largest absolute Gasteiger partial charge is 0.497 e. The normalized spacial score (nSPS) is 22.6. The fourth-order valence-corrected chi connectivity index (χ4v) is 4.58. The zero-order valence-corrected chi connectivity index (χ0v) is 16.7. The fourth-order valence-electron chi connectivity index (χ4n) is 4.58. The maximum Gasteiger partial charge on any atom is 0.274 e. The van der Waals surface area contributed by atoms with Gasteiger partial charge in [0.2, 0.25) is 0 Å². The summed E-state index contributed by atoms with van der Waals surface area (Å²) in [6.07, 6.45) is 6.68. The fraction of sp³-hybridized carbons (Fsp3) is 0.500. The Morgan fingerprint density at radius 2 is 2.07 bits per heavy atom. The second-order valence-corrected chi connectivity index (χ2v) is 8.19. The first kappa shape index (κ1) is 18.9. The summed E-state index contributed by atoms with van der Waals surface area (Å²) in [5.74, 6) is 0.912. The lowest BCUT2D eigenvalue weighted by molar-refractivity contribution is 0.0670. The molecule has 2 aromatic rings. The highest BCUT2D eigenvalue weighted by Crippen LogP contribution is 2.39. The van der Waals surface area contributed by atoms with E-state index in [4.69, 9.17) is 4.74 Å². The number of methoxy groups -OCH3 is 1. The lowest BCUT2D eigenvalue weighted by atomic mass is 9.79. The number of carbonyl (C=O) groups is 1. The number of nitrogens with zero attached hydrogens (tertiary/aromatic N) is 4. The van der Waals surface area contributed by atoms with Crippen molar-refractivity contribution in [1.82, 2.24) is 19.8 Å². The van der Waals surface area contributed by atoms with Gasteiger partial charge in [0.1, 0.15) is 11.4 Å². The summed E-state index contributed by atoms with van der Waals surface area (Å²) in [5, 5.41) is 0. The first-order valence-electron chi connectivity index (χ1n) is 10.0. The molecule has 2 saturated heterocycles. The highest BCUT2D eigenvalue weighted by molar-refractivity contribution is 5.92. The van der Waals surface area contributed by atoms with Crippen molar-refractivity contribution in [1.29, 1.82) is 0 Å². The third-order valence-corrected chi connectivity index (χ3v) is 6.01. The van der Waals surface area contributed by atoms with E-state index in [2.05, 4.69) is 27.0 Å². The van der Waals surface area contributed by atoms with Crippen LogP contribution in [0.2, 0.25) is 0 Å². The molecule has 6 heteroatoms. The molecule has 4 rings (SSSR count). The molecule has 1 amide bonds. The molecule has 2 aliphatic heterocycles. The van der Waals surface area contributed by atoms with Crippen molar-refractivity contribution < 1.29 is 9.53 Å². The van der Waals surface area contributed by atoms with Crippen molar-refractivity contribution in [3.8, 4) is 5.75 Å². The van der Waals surface area contributed by atoms with E-state index in [0.717, 1.165) is 50.6 Å². The first-order chi connectivity index (χ1) is 13.6. The molecule has 2 aliphatic rings. The second-order valence-electron chi connectivity index (χ2n) is 8.19. The van der Waals surface area contributed by atoms with Crippen LogP contribution in [0, 0.1) is 12.3 Å². The molecule has 1 aromatic carbocycles. The summed E-state index contributed by atoms with van der Waals surface area (Å²) in [6, 6.07) is 8.30. The average molecular weight is 380 g/mol. The number of ether oxygens (including phenoxy) is 1. The van der Waals surface area contributed by atoms with E-state index in [-0.39, 0.29) is 11.3 Å². The molecule has 0 radical (unpaired) electrons. The molecule has 6 nitrogen and oxygen atoms in total. The van der Waals surface area contributed by atoms with Crippen molar-refractivity contribution in [3.05, 3.63) is 53.6 Å². The van der Waals surface area contributed by atoms with Crippen molar-refractivity contribution in [3.63, 3.8) is 0 Å². The number of piperidine rings is 1. The van der Waals surface area contributed by atoms with E-state index in [1.165, 1.54) is 18.4 Å². The molecule has 2 fully saturated rings. The molecule has 0 N–H and O–H groups in total. The maximum atomic E-state index is 12.8. The molecule has 0 aliphatic carbocycles. The molecule has 1 spiro atoms. The molecule has 1 atom stereocenters. The Morgan fingerprint density at radius 1 is 1.18 bits per heavy atom. The highest BCUT2D eigenvalue weighted by atomic mass is 16.5. The van der Waals surface area contributed by atoms with Crippen LogP contribution >= 0.6 is 0 Å². The number of likely N-dealkylation sites (tertiary alicyclic amines) is 2. The summed E-state index contributed by atoms with van der Waals surface area (Å²) in [4.78, 5) is 25.8. The van der Waals surface area contributed by atoms with Gasteiger partial charge in [-0.15, -0.1) is 0 Å². The minimum absolute atomic E-state index is 0.00861. The lowest BCUT2D eigenvalue weighted by Crippen LogP contribution is -2.45. The van der Waals surface area contributed by atoms with E-state index in [0.29, 0.717) is 5.69 Å². The zero-order chi connectivity index (χ0) is 19.6. The van der Waals surface area contributed by atoms with Crippen LogP contribution in [-0.2, 0) is 6.54 Å². The highest BCUT2D eigenvalue weighted by Gasteiger charge is 2.43. The van der Waals surface area contributed by atoms with E-state index in [9.17, 15) is 4.79 Å². The van der Waals surface area contributed by atoms with Gasteiger partial charge in [-0.2, -0.15) is 0 Å². The van der Waals surface area contributed by atoms with Gasteiger partial charge in [0.15, 0.2) is 0 Å². The van der Waals surface area contributed by atoms with Crippen LogP contribution in [0.1, 0.15) is 41.0 Å². The molecule has 1 aromatic heterocycles. The van der Waals surface area contributed by atoms with E-state index in [1.54, 1.807) is 19.5 Å². The Kier molecular flexibility index (Phi) is 5.31. The third kappa shape index (κ3) is 4.02. The van der Waals surface area contributed by atoms with Crippen molar-refractivity contribution in [2.24, 2.45) is 5.41 Å². The van der Waals surface area contributed by atoms with Crippen LogP contribution in [0.4, 0.5) is 0 Å². The topological polar surface area (TPSA) is 58.6 Å². The predicted octanol–water partition coefficient (Wildman–Crippen LogP) is 2.92. The number of hydrogen-bond acceptors (Lipinski definition) is 5. The lowest BCUT2D eigenvalue weighted by Gasteiger charge is -2.40. The average Bonchev–Trinajstić information content (AvgIpc) is 3.11. The minimum atomic E-state index is 0.00861. The number of aryl methyl sites for hydroxylation is 1. The number of benzene rings is 1. The molecule has 0 bridgehead atoms. The van der Waals surface area contributed by atoms with E-state index in [1.807, 2.05) is 24.0 Å². The number of hydrogen-bond donors (Lipinski definition) is 0. The Bertz CT molecular complexity index is 839. The number of aromatic nitrogens is 2. The Labute approximate surface area is 166 Å². The number of amides is 1.